The molecule has 0 heterocycles. The Morgan fingerprint density at radius 3 is 2.54 bits per heavy atom. The highest BCUT2D eigenvalue weighted by molar-refractivity contribution is 4.68. The normalized spacial score (nSPS) is 11.2. The van der Waals surface area contributed by atoms with Gasteiger partial charge in [-0.1, -0.05) is 6.08 Å². The molecule has 0 radical (unpaired) electrons. The van der Waals surface area contributed by atoms with E-state index in [0.29, 0.717) is 13.1 Å². The van der Waals surface area contributed by atoms with Crippen molar-refractivity contribution in [1.82, 2.24) is 4.90 Å². The molecule has 0 aromatic rings. The van der Waals surface area contributed by atoms with E-state index in [1.165, 1.54) is 0 Å². The van der Waals surface area contributed by atoms with Crippen LogP contribution < -0.4 is 0 Å². The third-order valence-corrected chi connectivity index (χ3v) is 1.70. The van der Waals surface area contributed by atoms with Crippen LogP contribution in [0.25, 0.3) is 0 Å². The predicted octanol–water partition coefficient (Wildman–Crippen LogP) is 1.51. The van der Waals surface area contributed by atoms with Crippen molar-refractivity contribution in [2.45, 2.75) is 19.3 Å². The third kappa shape index (κ3) is 7.87. The molecule has 0 aliphatic heterocycles. The first kappa shape index (κ1) is 12.5. The van der Waals surface area contributed by atoms with E-state index in [2.05, 4.69) is 6.58 Å². The molecule has 1 N–H and O–H groups in total. The molecule has 0 fully saturated rings. The van der Waals surface area contributed by atoms with Gasteiger partial charge in [-0.05, 0) is 19.4 Å². The van der Waals surface area contributed by atoms with Gasteiger partial charge >= 0.3 is 0 Å². The van der Waals surface area contributed by atoms with Crippen molar-refractivity contribution in [3.8, 4) is 0 Å². The van der Waals surface area contributed by atoms with E-state index < -0.39 is 6.43 Å². The molecule has 0 aliphatic rings. The summed E-state index contributed by atoms with van der Waals surface area (Å²) in [5.41, 5.74) is 0. The van der Waals surface area contributed by atoms with Crippen LogP contribution in [-0.4, -0.2) is 42.7 Å². The Bertz CT molecular complexity index is 131. The molecule has 0 atom stereocenters. The van der Waals surface area contributed by atoms with E-state index in [-0.39, 0.29) is 13.2 Å². The lowest BCUT2D eigenvalue weighted by Gasteiger charge is -2.20. The topological polar surface area (TPSA) is 23.5 Å². The molecule has 0 saturated carbocycles. The Balaban J connectivity index is 3.59. The Morgan fingerprint density at radius 2 is 2.08 bits per heavy atom. The first-order valence-corrected chi connectivity index (χ1v) is 4.43. The van der Waals surface area contributed by atoms with E-state index in [1.54, 1.807) is 11.0 Å². The molecule has 0 rings (SSSR count). The molecule has 0 aromatic heterocycles. The van der Waals surface area contributed by atoms with Gasteiger partial charge in [-0.2, -0.15) is 0 Å². The maximum absolute atomic E-state index is 12.0. The quantitative estimate of drug-likeness (QED) is 0.466. The average Bonchev–Trinajstić information content (AvgIpc) is 2.04. The van der Waals surface area contributed by atoms with Gasteiger partial charge in [-0.15, -0.1) is 6.58 Å². The highest BCUT2D eigenvalue weighted by Crippen LogP contribution is 2.00. The summed E-state index contributed by atoms with van der Waals surface area (Å²) in [7, 11) is 0. The fraction of sp³-hybridized carbons (Fsp3) is 0.778. The van der Waals surface area contributed by atoms with Gasteiger partial charge in [-0.25, -0.2) is 8.78 Å². The molecule has 13 heavy (non-hydrogen) atoms. The van der Waals surface area contributed by atoms with E-state index in [1.807, 2.05) is 0 Å². The maximum atomic E-state index is 12.0. The third-order valence-electron chi connectivity index (χ3n) is 1.70. The van der Waals surface area contributed by atoms with Crippen LogP contribution in [0.3, 0.4) is 0 Å². The molecule has 0 amide bonds. The van der Waals surface area contributed by atoms with Gasteiger partial charge in [0.2, 0.25) is 0 Å². The molecule has 0 aromatic carbocycles. The summed E-state index contributed by atoms with van der Waals surface area (Å²) in [6, 6.07) is 0. The van der Waals surface area contributed by atoms with Crippen LogP contribution in [0.2, 0.25) is 0 Å². The zero-order valence-corrected chi connectivity index (χ0v) is 7.75. The smallest absolute Gasteiger partial charge is 0.251 e. The molecule has 0 bridgehead atoms. The molecule has 0 unspecified atom stereocenters. The van der Waals surface area contributed by atoms with E-state index in [0.717, 1.165) is 12.8 Å². The highest BCUT2D eigenvalue weighted by Gasteiger charge is 2.10. The van der Waals surface area contributed by atoms with Crippen molar-refractivity contribution in [3.63, 3.8) is 0 Å². The molecular formula is C9H17F2NO. The number of hydrogen-bond acceptors (Lipinski definition) is 2. The summed E-state index contributed by atoms with van der Waals surface area (Å²) in [5, 5.41) is 8.60. The molecule has 2 nitrogen and oxygen atoms in total. The molecule has 0 saturated heterocycles. The first-order chi connectivity index (χ1) is 6.20. The number of allylic oxidation sites excluding steroid dienone is 1. The molecule has 0 aliphatic carbocycles. The maximum Gasteiger partial charge on any atom is 0.251 e. The Morgan fingerprint density at radius 1 is 1.38 bits per heavy atom. The van der Waals surface area contributed by atoms with Crippen molar-refractivity contribution in [1.29, 1.82) is 0 Å². The first-order valence-electron chi connectivity index (χ1n) is 4.43. The van der Waals surface area contributed by atoms with Crippen LogP contribution in [0.5, 0.6) is 0 Å². The van der Waals surface area contributed by atoms with Gasteiger partial charge in [0.05, 0.1) is 13.2 Å². The van der Waals surface area contributed by atoms with Gasteiger partial charge in [0.15, 0.2) is 0 Å². The zero-order valence-electron chi connectivity index (χ0n) is 7.75. The number of unbranched alkanes of at least 4 members (excludes halogenated alkanes) is 1. The Hall–Kier alpha value is -0.480. The van der Waals surface area contributed by atoms with E-state index in [4.69, 9.17) is 5.11 Å². The van der Waals surface area contributed by atoms with E-state index in [9.17, 15) is 8.78 Å². The summed E-state index contributed by atoms with van der Waals surface area (Å²) < 4.78 is 23.9. The fourth-order valence-corrected chi connectivity index (χ4v) is 1.09. The van der Waals surface area contributed by atoms with Crippen molar-refractivity contribution in [3.05, 3.63) is 12.7 Å². The standard InChI is InChI=1S/C9H17F2NO/c1-2-3-4-5-12(6-7-13)8-9(10)11/h2,9,13H,1,3-8H2. The second-order valence-corrected chi connectivity index (χ2v) is 2.85. The second-order valence-electron chi connectivity index (χ2n) is 2.85. The number of aliphatic hydroxyl groups excluding tert-OH is 1. The molecule has 78 valence electrons. The summed E-state index contributed by atoms with van der Waals surface area (Å²) >= 11 is 0. The monoisotopic (exact) mass is 193 g/mol. The van der Waals surface area contributed by atoms with Crippen molar-refractivity contribution in [2.24, 2.45) is 0 Å². The number of halogens is 2. The van der Waals surface area contributed by atoms with Crippen LogP contribution in [0.4, 0.5) is 8.78 Å². The van der Waals surface area contributed by atoms with Crippen LogP contribution >= 0.6 is 0 Å². The summed E-state index contributed by atoms with van der Waals surface area (Å²) in [4.78, 5) is 1.56. The van der Waals surface area contributed by atoms with E-state index >= 15 is 0 Å². The minimum absolute atomic E-state index is 0.0686. The lowest BCUT2D eigenvalue weighted by atomic mass is 10.3. The van der Waals surface area contributed by atoms with Crippen molar-refractivity contribution >= 4 is 0 Å². The highest BCUT2D eigenvalue weighted by atomic mass is 19.3. The van der Waals surface area contributed by atoms with Gasteiger partial charge in [0, 0.05) is 6.54 Å². The van der Waals surface area contributed by atoms with Crippen molar-refractivity contribution < 1.29 is 13.9 Å². The Labute approximate surface area is 77.9 Å². The predicted molar refractivity (Wildman–Crippen MR) is 49.0 cm³/mol. The molecule has 4 heteroatoms. The van der Waals surface area contributed by atoms with Gasteiger partial charge in [0.25, 0.3) is 6.43 Å². The molecular weight excluding hydrogens is 176 g/mol. The average molecular weight is 193 g/mol. The van der Waals surface area contributed by atoms with Gasteiger partial charge in [0.1, 0.15) is 0 Å². The number of hydrogen-bond donors (Lipinski definition) is 1. The lowest BCUT2D eigenvalue weighted by molar-refractivity contribution is 0.0779. The lowest BCUT2D eigenvalue weighted by Crippen LogP contribution is -2.32. The number of aliphatic hydroxyl groups is 1. The zero-order chi connectivity index (χ0) is 10.1. The number of rotatable bonds is 8. The SMILES string of the molecule is C=CCCCN(CCO)CC(F)F. The van der Waals surface area contributed by atoms with Crippen LogP contribution in [0, 0.1) is 0 Å². The van der Waals surface area contributed by atoms with Crippen LogP contribution in [0.1, 0.15) is 12.8 Å². The number of alkyl halides is 2. The fourth-order valence-electron chi connectivity index (χ4n) is 1.09. The summed E-state index contributed by atoms with van der Waals surface area (Å²) in [6.45, 7) is 4.14. The summed E-state index contributed by atoms with van der Waals surface area (Å²) in [5.74, 6) is 0. The van der Waals surface area contributed by atoms with Gasteiger partial charge < -0.3 is 5.11 Å². The largest absolute Gasteiger partial charge is 0.395 e. The minimum atomic E-state index is -2.32. The minimum Gasteiger partial charge on any atom is -0.395 e. The van der Waals surface area contributed by atoms with Crippen LogP contribution in [0.15, 0.2) is 12.7 Å². The van der Waals surface area contributed by atoms with Crippen LogP contribution in [-0.2, 0) is 0 Å². The summed E-state index contributed by atoms with van der Waals surface area (Å²) in [6.07, 6.45) is 1.08. The Kier molecular flexibility index (Phi) is 7.83. The number of nitrogens with zero attached hydrogens (tertiary/aromatic N) is 1. The second kappa shape index (κ2) is 8.13. The van der Waals surface area contributed by atoms with Crippen molar-refractivity contribution in [2.75, 3.05) is 26.2 Å². The van der Waals surface area contributed by atoms with Gasteiger partial charge in [-0.3, -0.25) is 4.90 Å². The molecule has 0 spiro atoms.